The minimum Gasteiger partial charge on any atom is -0.497 e. The SMILES string of the molecule is CN1CC(=O)OB(C(C#CCCCc2ccccc2)NS(=O)(=O)c2ccc([N+](=O)[O-])cc2)OC(=O)C1. The molecule has 1 unspecified atom stereocenters. The fraction of sp³-hybridized carbons (Fsp3) is 0.304. The lowest BCUT2D eigenvalue weighted by Crippen LogP contribution is -2.53. The summed E-state index contributed by atoms with van der Waals surface area (Å²) in [5.41, 5.74) is 0.845. The Labute approximate surface area is 209 Å². The molecular weight excluding hydrogens is 489 g/mol. The van der Waals surface area contributed by atoms with E-state index in [-0.39, 0.29) is 23.7 Å². The normalized spacial score (nSPS) is 15.5. The Bertz CT molecular complexity index is 1240. The van der Waals surface area contributed by atoms with Crippen molar-refractivity contribution in [1.29, 1.82) is 0 Å². The van der Waals surface area contributed by atoms with Gasteiger partial charge in [-0.15, -0.1) is 5.92 Å². The zero-order valence-corrected chi connectivity index (χ0v) is 20.3. The second kappa shape index (κ2) is 12.3. The van der Waals surface area contributed by atoms with E-state index >= 15 is 0 Å². The van der Waals surface area contributed by atoms with Crippen molar-refractivity contribution >= 4 is 34.8 Å². The van der Waals surface area contributed by atoms with Gasteiger partial charge in [0, 0.05) is 18.6 Å². The Kier molecular flexibility index (Phi) is 9.18. The van der Waals surface area contributed by atoms with E-state index in [9.17, 15) is 28.1 Å². The van der Waals surface area contributed by atoms with E-state index in [1.807, 2.05) is 30.3 Å². The van der Waals surface area contributed by atoms with Crippen molar-refractivity contribution in [2.24, 2.45) is 0 Å². The first-order valence-electron chi connectivity index (χ1n) is 11.0. The van der Waals surface area contributed by atoms with Crippen LogP contribution in [-0.2, 0) is 35.3 Å². The second-order valence-corrected chi connectivity index (χ2v) is 9.74. The van der Waals surface area contributed by atoms with Gasteiger partial charge >= 0.3 is 19.1 Å². The van der Waals surface area contributed by atoms with Crippen LogP contribution >= 0.6 is 0 Å². The first-order valence-corrected chi connectivity index (χ1v) is 12.5. The number of nitrogens with one attached hydrogen (secondary N) is 1. The van der Waals surface area contributed by atoms with E-state index in [2.05, 4.69) is 16.6 Å². The largest absolute Gasteiger partial charge is 0.631 e. The fourth-order valence-corrected chi connectivity index (χ4v) is 4.47. The minimum atomic E-state index is -4.27. The minimum absolute atomic E-state index is 0.197. The molecule has 0 amide bonds. The van der Waals surface area contributed by atoms with Crippen LogP contribution in [0.15, 0.2) is 59.5 Å². The van der Waals surface area contributed by atoms with Crippen molar-refractivity contribution in [1.82, 2.24) is 9.62 Å². The molecule has 0 aliphatic carbocycles. The van der Waals surface area contributed by atoms with Gasteiger partial charge in [0.2, 0.25) is 10.0 Å². The number of sulfonamides is 1. The van der Waals surface area contributed by atoms with E-state index < -0.39 is 39.9 Å². The number of benzene rings is 2. The van der Waals surface area contributed by atoms with Gasteiger partial charge in [-0.1, -0.05) is 36.3 Å². The van der Waals surface area contributed by atoms with Crippen LogP contribution < -0.4 is 4.72 Å². The van der Waals surface area contributed by atoms with Gasteiger partial charge in [-0.25, -0.2) is 8.42 Å². The molecule has 0 spiro atoms. The molecule has 1 N–H and O–H groups in total. The van der Waals surface area contributed by atoms with Gasteiger partial charge in [-0.2, -0.15) is 4.72 Å². The molecule has 2 aromatic carbocycles. The van der Waals surface area contributed by atoms with Gasteiger partial charge in [-0.3, -0.25) is 24.6 Å². The molecule has 1 aliphatic heterocycles. The van der Waals surface area contributed by atoms with Crippen LogP contribution in [0.25, 0.3) is 0 Å². The highest BCUT2D eigenvalue weighted by Gasteiger charge is 2.41. The average Bonchev–Trinajstić information content (AvgIpc) is 2.82. The molecule has 36 heavy (non-hydrogen) atoms. The lowest BCUT2D eigenvalue weighted by Gasteiger charge is -2.25. The lowest BCUT2D eigenvalue weighted by molar-refractivity contribution is -0.384. The molecule has 2 aromatic rings. The van der Waals surface area contributed by atoms with Gasteiger partial charge in [0.15, 0.2) is 0 Å². The fourth-order valence-electron chi connectivity index (χ4n) is 3.33. The molecule has 1 atom stereocenters. The van der Waals surface area contributed by atoms with E-state index in [1.165, 1.54) is 11.9 Å². The van der Waals surface area contributed by atoms with Crippen molar-refractivity contribution < 1.29 is 32.2 Å². The molecule has 1 fully saturated rings. The van der Waals surface area contributed by atoms with Crippen molar-refractivity contribution in [2.45, 2.75) is 30.1 Å². The Morgan fingerprint density at radius 2 is 1.69 bits per heavy atom. The number of aryl methyl sites for hydroxylation is 1. The van der Waals surface area contributed by atoms with Crippen LogP contribution in [0.2, 0.25) is 0 Å². The van der Waals surface area contributed by atoms with Crippen LogP contribution in [0.4, 0.5) is 5.69 Å². The van der Waals surface area contributed by atoms with Gasteiger partial charge in [-0.05, 0) is 37.6 Å². The third kappa shape index (κ3) is 7.91. The van der Waals surface area contributed by atoms with Gasteiger partial charge in [0.1, 0.15) is 5.94 Å². The maximum Gasteiger partial charge on any atom is 0.631 e. The first kappa shape index (κ1) is 26.9. The summed E-state index contributed by atoms with van der Waals surface area (Å²) in [5, 5.41) is 10.9. The standard InChI is InChI=1S/C23H24BN3O8S/c1-26-16-22(28)34-24(35-23(29)17-26)21(11-7-3-6-10-18-8-4-2-5-9-18)25-36(32,33)20-14-12-19(13-15-20)27(30)31/h2,4-5,8-9,12-15,21,25H,3,6,10,16-17H2,1H3. The summed E-state index contributed by atoms with van der Waals surface area (Å²) in [7, 11) is -4.36. The van der Waals surface area contributed by atoms with Crippen LogP contribution in [0.1, 0.15) is 18.4 Å². The quantitative estimate of drug-likeness (QED) is 0.182. The highest BCUT2D eigenvalue weighted by molar-refractivity contribution is 7.89. The molecule has 1 heterocycles. The zero-order valence-electron chi connectivity index (χ0n) is 19.5. The number of hydrogen-bond donors (Lipinski definition) is 1. The molecule has 11 nitrogen and oxygen atoms in total. The summed E-state index contributed by atoms with van der Waals surface area (Å²) in [6, 6.07) is 14.0. The summed E-state index contributed by atoms with van der Waals surface area (Å²) >= 11 is 0. The number of hydrogen-bond acceptors (Lipinski definition) is 9. The Morgan fingerprint density at radius 1 is 1.08 bits per heavy atom. The van der Waals surface area contributed by atoms with Crippen LogP contribution in [-0.4, -0.2) is 63.4 Å². The Hall–Kier alpha value is -3.73. The number of nitrogens with zero attached hydrogens (tertiary/aromatic N) is 2. The average molecular weight is 513 g/mol. The van der Waals surface area contributed by atoms with Crippen molar-refractivity contribution in [3.63, 3.8) is 0 Å². The molecule has 0 saturated carbocycles. The van der Waals surface area contributed by atoms with Crippen molar-refractivity contribution in [3.8, 4) is 11.8 Å². The number of nitro benzene ring substituents is 1. The Balaban J connectivity index is 1.80. The third-order valence-corrected chi connectivity index (χ3v) is 6.53. The molecule has 13 heteroatoms. The maximum absolute atomic E-state index is 13.0. The number of rotatable bonds is 8. The number of carbonyl (C=O) groups is 2. The van der Waals surface area contributed by atoms with E-state index in [1.54, 1.807) is 0 Å². The highest BCUT2D eigenvalue weighted by atomic mass is 32.2. The molecular formula is C23H24BN3O8S. The predicted octanol–water partition coefficient (Wildman–Crippen LogP) is 1.33. The van der Waals surface area contributed by atoms with E-state index in [0.29, 0.717) is 12.8 Å². The van der Waals surface area contributed by atoms with Gasteiger partial charge in [0.05, 0.1) is 22.9 Å². The van der Waals surface area contributed by atoms with Crippen molar-refractivity contribution in [3.05, 3.63) is 70.3 Å². The van der Waals surface area contributed by atoms with Crippen LogP contribution in [0.3, 0.4) is 0 Å². The smallest absolute Gasteiger partial charge is 0.497 e. The van der Waals surface area contributed by atoms with E-state index in [0.717, 1.165) is 36.2 Å². The molecule has 0 bridgehead atoms. The molecule has 0 radical (unpaired) electrons. The lowest BCUT2D eigenvalue weighted by atomic mass is 9.78. The second-order valence-electron chi connectivity index (χ2n) is 8.03. The number of likely N-dealkylation sites (N-methyl/N-ethyl adjacent to an activating group) is 1. The Morgan fingerprint density at radius 3 is 2.28 bits per heavy atom. The first-order chi connectivity index (χ1) is 17.1. The van der Waals surface area contributed by atoms with Crippen molar-refractivity contribution in [2.75, 3.05) is 20.1 Å². The molecule has 188 valence electrons. The molecule has 1 aliphatic rings. The summed E-state index contributed by atoms with van der Waals surface area (Å²) < 4.78 is 38.7. The number of non-ortho nitro benzene ring substituents is 1. The summed E-state index contributed by atoms with van der Waals surface area (Å²) in [4.78, 5) is 35.7. The number of nitro groups is 1. The zero-order chi connectivity index (χ0) is 26.1. The summed E-state index contributed by atoms with van der Waals surface area (Å²) in [6.45, 7) is -0.393. The molecule has 1 saturated heterocycles. The highest BCUT2D eigenvalue weighted by Crippen LogP contribution is 2.17. The van der Waals surface area contributed by atoms with Crippen LogP contribution in [0.5, 0.6) is 0 Å². The van der Waals surface area contributed by atoms with Gasteiger partial charge < -0.3 is 9.31 Å². The monoisotopic (exact) mass is 513 g/mol. The third-order valence-electron chi connectivity index (χ3n) is 5.07. The summed E-state index contributed by atoms with van der Waals surface area (Å²) in [6.07, 6.45) is 1.85. The molecule has 3 rings (SSSR count). The topological polar surface area (TPSA) is 145 Å². The summed E-state index contributed by atoms with van der Waals surface area (Å²) in [5.74, 6) is 2.73. The van der Waals surface area contributed by atoms with Crippen LogP contribution in [0, 0.1) is 22.0 Å². The number of carbonyl (C=O) groups excluding carboxylic acids is 2. The molecule has 0 aromatic heterocycles. The van der Waals surface area contributed by atoms with Gasteiger partial charge in [0.25, 0.3) is 5.69 Å². The predicted molar refractivity (Wildman–Crippen MR) is 130 cm³/mol. The number of unbranched alkanes of at least 4 members (excludes halogenated alkanes) is 1. The van der Waals surface area contributed by atoms with E-state index in [4.69, 9.17) is 9.31 Å². The maximum atomic E-state index is 13.0.